The average molecular weight is 320 g/mol. The molecule has 0 saturated heterocycles. The van der Waals surface area contributed by atoms with Gasteiger partial charge in [0.2, 0.25) is 0 Å². The fourth-order valence-corrected chi connectivity index (χ4v) is 2.61. The quantitative estimate of drug-likeness (QED) is 0.730. The molecule has 3 rings (SSSR count). The minimum absolute atomic E-state index is 0.00636. The van der Waals surface area contributed by atoms with Gasteiger partial charge in [-0.05, 0) is 34.4 Å². The van der Waals surface area contributed by atoms with E-state index in [4.69, 9.17) is 9.47 Å². The summed E-state index contributed by atoms with van der Waals surface area (Å²) in [5.41, 5.74) is 3.92. The molecule has 3 aromatic carbocycles. The third kappa shape index (κ3) is 3.76. The monoisotopic (exact) mass is 320 g/mol. The third-order valence-electron chi connectivity index (χ3n) is 3.86. The number of aliphatic hydroxyl groups is 1. The molecule has 0 aliphatic carbocycles. The van der Waals surface area contributed by atoms with Crippen LogP contribution in [0.15, 0.2) is 72.8 Å². The fraction of sp³-hybridized carbons (Fsp3) is 0.143. The summed E-state index contributed by atoms with van der Waals surface area (Å²) >= 11 is 0. The van der Waals surface area contributed by atoms with Gasteiger partial charge in [0.05, 0.1) is 13.7 Å². The maximum Gasteiger partial charge on any atom is 0.124 e. The Morgan fingerprint density at radius 2 is 1.54 bits per heavy atom. The second-order valence-electron chi connectivity index (χ2n) is 5.49. The number of hydrogen-bond acceptors (Lipinski definition) is 3. The molecule has 0 atom stereocenters. The van der Waals surface area contributed by atoms with E-state index in [1.54, 1.807) is 7.11 Å². The zero-order valence-corrected chi connectivity index (χ0v) is 13.6. The van der Waals surface area contributed by atoms with Gasteiger partial charge in [0.15, 0.2) is 0 Å². The maximum absolute atomic E-state index is 9.57. The molecule has 0 heterocycles. The molecule has 0 radical (unpaired) electrons. The smallest absolute Gasteiger partial charge is 0.124 e. The highest BCUT2D eigenvalue weighted by molar-refractivity contribution is 5.70. The Bertz CT molecular complexity index is 797. The molecule has 0 saturated carbocycles. The Balaban J connectivity index is 1.90. The summed E-state index contributed by atoms with van der Waals surface area (Å²) in [6.07, 6.45) is 0. The molecule has 0 aromatic heterocycles. The van der Waals surface area contributed by atoms with Gasteiger partial charge in [-0.25, -0.2) is 0 Å². The Morgan fingerprint density at radius 3 is 2.29 bits per heavy atom. The van der Waals surface area contributed by atoms with Crippen LogP contribution in [0.1, 0.15) is 11.1 Å². The van der Waals surface area contributed by atoms with Crippen LogP contribution in [0, 0.1) is 0 Å². The summed E-state index contributed by atoms with van der Waals surface area (Å²) in [7, 11) is 1.64. The summed E-state index contributed by atoms with van der Waals surface area (Å²) in [4.78, 5) is 0. The third-order valence-corrected chi connectivity index (χ3v) is 3.86. The van der Waals surface area contributed by atoms with E-state index >= 15 is 0 Å². The second kappa shape index (κ2) is 7.66. The van der Waals surface area contributed by atoms with Gasteiger partial charge in [-0.2, -0.15) is 0 Å². The van der Waals surface area contributed by atoms with E-state index < -0.39 is 0 Å². The molecule has 1 N–H and O–H groups in total. The van der Waals surface area contributed by atoms with Gasteiger partial charge < -0.3 is 14.6 Å². The van der Waals surface area contributed by atoms with Crippen LogP contribution in [0.25, 0.3) is 11.1 Å². The number of ether oxygens (including phenoxy) is 2. The lowest BCUT2D eigenvalue weighted by molar-refractivity contribution is 0.282. The minimum atomic E-state index is -0.00636. The summed E-state index contributed by atoms with van der Waals surface area (Å²) < 4.78 is 11.3. The van der Waals surface area contributed by atoms with E-state index in [1.807, 2.05) is 72.8 Å². The molecule has 24 heavy (non-hydrogen) atoms. The van der Waals surface area contributed by atoms with Crippen LogP contribution in [0.3, 0.4) is 0 Å². The summed E-state index contributed by atoms with van der Waals surface area (Å²) in [5.74, 6) is 1.46. The SMILES string of the molecule is COc1cc(OCc2ccccc2)cc(-c2ccccc2CO)c1. The highest BCUT2D eigenvalue weighted by atomic mass is 16.5. The normalized spacial score (nSPS) is 10.4. The van der Waals surface area contributed by atoms with Gasteiger partial charge in [-0.15, -0.1) is 0 Å². The van der Waals surface area contributed by atoms with Crippen LogP contribution in [-0.2, 0) is 13.2 Å². The van der Waals surface area contributed by atoms with Crippen molar-refractivity contribution in [1.82, 2.24) is 0 Å². The Labute approximate surface area is 142 Å². The van der Waals surface area contributed by atoms with Crippen molar-refractivity contribution < 1.29 is 14.6 Å². The van der Waals surface area contributed by atoms with Crippen molar-refractivity contribution >= 4 is 0 Å². The van der Waals surface area contributed by atoms with Gasteiger partial charge in [0.1, 0.15) is 18.1 Å². The number of rotatable bonds is 6. The largest absolute Gasteiger partial charge is 0.497 e. The van der Waals surface area contributed by atoms with Crippen LogP contribution < -0.4 is 9.47 Å². The van der Waals surface area contributed by atoms with E-state index in [-0.39, 0.29) is 6.61 Å². The Kier molecular flexibility index (Phi) is 5.14. The molecule has 0 bridgehead atoms. The highest BCUT2D eigenvalue weighted by Gasteiger charge is 2.08. The van der Waals surface area contributed by atoms with E-state index in [1.165, 1.54) is 0 Å². The van der Waals surface area contributed by atoms with Gasteiger partial charge >= 0.3 is 0 Å². The van der Waals surface area contributed by atoms with Crippen LogP contribution in [0.2, 0.25) is 0 Å². The molecule has 0 aliphatic heterocycles. The highest BCUT2D eigenvalue weighted by Crippen LogP contribution is 2.32. The molecule has 0 amide bonds. The van der Waals surface area contributed by atoms with E-state index in [0.717, 1.165) is 33.8 Å². The van der Waals surface area contributed by atoms with Gasteiger partial charge in [0, 0.05) is 6.07 Å². The zero-order chi connectivity index (χ0) is 16.8. The fourth-order valence-electron chi connectivity index (χ4n) is 2.61. The van der Waals surface area contributed by atoms with Gasteiger partial charge in [-0.3, -0.25) is 0 Å². The first-order chi connectivity index (χ1) is 11.8. The number of methoxy groups -OCH3 is 1. The lowest BCUT2D eigenvalue weighted by Gasteiger charge is -2.13. The van der Waals surface area contributed by atoms with Crippen molar-refractivity contribution in [2.24, 2.45) is 0 Å². The lowest BCUT2D eigenvalue weighted by Crippen LogP contribution is -1.97. The molecular weight excluding hydrogens is 300 g/mol. The lowest BCUT2D eigenvalue weighted by atomic mass is 9.99. The first-order valence-electron chi connectivity index (χ1n) is 7.85. The molecule has 3 nitrogen and oxygen atoms in total. The molecule has 0 unspecified atom stereocenters. The number of benzene rings is 3. The Hall–Kier alpha value is -2.78. The number of aliphatic hydroxyl groups excluding tert-OH is 1. The van der Waals surface area contributed by atoms with Crippen LogP contribution in [0.4, 0.5) is 0 Å². The zero-order valence-electron chi connectivity index (χ0n) is 13.6. The predicted molar refractivity (Wildman–Crippen MR) is 95.1 cm³/mol. The summed E-state index contributed by atoms with van der Waals surface area (Å²) in [6.45, 7) is 0.489. The average Bonchev–Trinajstić information content (AvgIpc) is 2.66. The van der Waals surface area contributed by atoms with E-state index in [0.29, 0.717) is 6.61 Å². The summed E-state index contributed by atoms with van der Waals surface area (Å²) in [5, 5.41) is 9.57. The topological polar surface area (TPSA) is 38.7 Å². The van der Waals surface area contributed by atoms with Crippen molar-refractivity contribution in [2.75, 3.05) is 7.11 Å². The molecule has 3 aromatic rings. The van der Waals surface area contributed by atoms with Crippen molar-refractivity contribution in [1.29, 1.82) is 0 Å². The van der Waals surface area contributed by atoms with Crippen LogP contribution in [-0.4, -0.2) is 12.2 Å². The molecule has 122 valence electrons. The standard InChI is InChI=1S/C21H20O3/c1-23-19-11-18(21-10-6-5-9-17(21)14-22)12-20(13-19)24-15-16-7-3-2-4-8-16/h2-13,22H,14-15H2,1H3. The second-order valence-corrected chi connectivity index (χ2v) is 5.49. The van der Waals surface area contributed by atoms with Crippen molar-refractivity contribution in [3.05, 3.63) is 83.9 Å². The van der Waals surface area contributed by atoms with E-state index in [2.05, 4.69) is 0 Å². The van der Waals surface area contributed by atoms with Crippen molar-refractivity contribution in [2.45, 2.75) is 13.2 Å². The first-order valence-corrected chi connectivity index (χ1v) is 7.85. The predicted octanol–water partition coefficient (Wildman–Crippen LogP) is 4.43. The molecule has 3 heteroatoms. The van der Waals surface area contributed by atoms with Gasteiger partial charge in [0.25, 0.3) is 0 Å². The van der Waals surface area contributed by atoms with Crippen LogP contribution in [0.5, 0.6) is 11.5 Å². The maximum atomic E-state index is 9.57. The molecule has 0 aliphatic rings. The number of hydrogen-bond donors (Lipinski definition) is 1. The van der Waals surface area contributed by atoms with Crippen LogP contribution >= 0.6 is 0 Å². The van der Waals surface area contributed by atoms with Gasteiger partial charge in [-0.1, -0.05) is 54.6 Å². The van der Waals surface area contributed by atoms with Crippen molar-refractivity contribution in [3.8, 4) is 22.6 Å². The van der Waals surface area contributed by atoms with E-state index in [9.17, 15) is 5.11 Å². The minimum Gasteiger partial charge on any atom is -0.497 e. The Morgan fingerprint density at radius 1 is 0.833 bits per heavy atom. The molecule has 0 fully saturated rings. The first kappa shape index (κ1) is 16.1. The summed E-state index contributed by atoms with van der Waals surface area (Å²) in [6, 6.07) is 23.6. The van der Waals surface area contributed by atoms with Crippen molar-refractivity contribution in [3.63, 3.8) is 0 Å². The molecule has 0 spiro atoms. The molecular formula is C21H20O3.